The van der Waals surface area contributed by atoms with Crippen LogP contribution in [0.15, 0.2) is 30.3 Å². The molecule has 2 heteroatoms. The number of hydrogen-bond donors (Lipinski definition) is 0. The van der Waals surface area contributed by atoms with E-state index < -0.39 is 0 Å². The average Bonchev–Trinajstić information content (AvgIpc) is 2.18. The molecule has 0 unspecified atom stereocenters. The van der Waals surface area contributed by atoms with E-state index in [-0.39, 0.29) is 11.2 Å². The molecule has 0 aromatic heterocycles. The van der Waals surface area contributed by atoms with Gasteiger partial charge in [0, 0.05) is 18.4 Å². The van der Waals surface area contributed by atoms with Crippen molar-refractivity contribution in [2.45, 2.75) is 26.7 Å². The number of carbonyl (C=O) groups excluding carboxylic acids is 1. The fourth-order valence-electron chi connectivity index (χ4n) is 1.44. The number of nitrogens with zero attached hydrogens (tertiary/aromatic N) is 1. The maximum Gasteiger partial charge on any atom is 0.163 e. The number of rotatable bonds is 4. The van der Waals surface area contributed by atoms with Gasteiger partial charge in [0.1, 0.15) is 0 Å². The maximum atomic E-state index is 11.8. The highest BCUT2D eigenvalue weighted by molar-refractivity contribution is 5.96. The number of hydrogen-bond acceptors (Lipinski definition) is 2. The zero-order chi connectivity index (χ0) is 11.3. The monoisotopic (exact) mass is 201 g/mol. The first-order valence-electron chi connectivity index (χ1n) is 5.00. The third kappa shape index (κ3) is 3.55. The van der Waals surface area contributed by atoms with Crippen LogP contribution in [0.1, 0.15) is 37.0 Å². The molecule has 0 N–H and O–H groups in total. The minimum atomic E-state index is -0.234. The number of Topliss-reactive ketones (excluding diaryl/α,β-unsaturated/α-hetero) is 1. The van der Waals surface area contributed by atoms with Crippen LogP contribution in [0.3, 0.4) is 0 Å². The molecule has 0 spiro atoms. The van der Waals surface area contributed by atoms with E-state index in [2.05, 4.69) is 6.07 Å². The van der Waals surface area contributed by atoms with Crippen LogP contribution >= 0.6 is 0 Å². The Labute approximate surface area is 90.5 Å². The highest BCUT2D eigenvalue weighted by Gasteiger charge is 2.22. The topological polar surface area (TPSA) is 40.9 Å². The van der Waals surface area contributed by atoms with Crippen molar-refractivity contribution in [3.8, 4) is 6.07 Å². The zero-order valence-electron chi connectivity index (χ0n) is 9.16. The third-order valence-corrected chi connectivity index (χ3v) is 2.29. The predicted octanol–water partition coefficient (Wildman–Crippen LogP) is 3.20. The smallest absolute Gasteiger partial charge is 0.163 e. The number of benzene rings is 1. The van der Waals surface area contributed by atoms with E-state index in [1.807, 2.05) is 44.2 Å². The van der Waals surface area contributed by atoms with Gasteiger partial charge in [-0.15, -0.1) is 0 Å². The molecule has 0 saturated carbocycles. The molecule has 1 aromatic carbocycles. The summed E-state index contributed by atoms with van der Waals surface area (Å²) in [5.41, 5.74) is 0.491. The van der Waals surface area contributed by atoms with Crippen molar-refractivity contribution in [2.75, 3.05) is 0 Å². The van der Waals surface area contributed by atoms with Crippen LogP contribution in [0.25, 0.3) is 0 Å². The molecule has 0 aliphatic rings. The lowest BCUT2D eigenvalue weighted by Crippen LogP contribution is -2.16. The quantitative estimate of drug-likeness (QED) is 0.702. The highest BCUT2D eigenvalue weighted by Crippen LogP contribution is 2.26. The van der Waals surface area contributed by atoms with Crippen LogP contribution < -0.4 is 0 Å². The van der Waals surface area contributed by atoms with Crippen molar-refractivity contribution in [1.29, 1.82) is 5.26 Å². The Morgan fingerprint density at radius 2 is 1.93 bits per heavy atom. The zero-order valence-corrected chi connectivity index (χ0v) is 9.16. The van der Waals surface area contributed by atoms with Gasteiger partial charge in [-0.3, -0.25) is 4.79 Å². The van der Waals surface area contributed by atoms with Gasteiger partial charge in [-0.25, -0.2) is 0 Å². The Morgan fingerprint density at radius 3 is 2.47 bits per heavy atom. The van der Waals surface area contributed by atoms with Crippen LogP contribution in [0.4, 0.5) is 0 Å². The van der Waals surface area contributed by atoms with Crippen LogP contribution in [-0.4, -0.2) is 5.78 Å². The van der Waals surface area contributed by atoms with Crippen molar-refractivity contribution in [2.24, 2.45) is 5.41 Å². The second kappa shape index (κ2) is 4.75. The first-order valence-corrected chi connectivity index (χ1v) is 5.00. The van der Waals surface area contributed by atoms with Crippen molar-refractivity contribution in [3.05, 3.63) is 35.9 Å². The number of ketones is 1. The third-order valence-electron chi connectivity index (χ3n) is 2.29. The first kappa shape index (κ1) is 11.5. The van der Waals surface area contributed by atoms with Gasteiger partial charge in [-0.1, -0.05) is 44.2 Å². The standard InChI is InChI=1S/C13H15NO/c1-13(2,8-9-14)10-12(15)11-6-4-3-5-7-11/h3-7H,8,10H2,1-2H3. The Balaban J connectivity index is 2.69. The summed E-state index contributed by atoms with van der Waals surface area (Å²) in [6, 6.07) is 11.3. The van der Waals surface area contributed by atoms with Crippen molar-refractivity contribution in [3.63, 3.8) is 0 Å². The van der Waals surface area contributed by atoms with Gasteiger partial charge < -0.3 is 0 Å². The van der Waals surface area contributed by atoms with Crippen LogP contribution in [0.5, 0.6) is 0 Å². The molecule has 0 aliphatic carbocycles. The molecule has 0 heterocycles. The summed E-state index contributed by atoms with van der Waals surface area (Å²) >= 11 is 0. The minimum absolute atomic E-state index is 0.107. The average molecular weight is 201 g/mol. The molecule has 0 bridgehead atoms. The molecule has 0 amide bonds. The van der Waals surface area contributed by atoms with Gasteiger partial charge in [0.25, 0.3) is 0 Å². The highest BCUT2D eigenvalue weighted by atomic mass is 16.1. The van der Waals surface area contributed by atoms with Gasteiger partial charge in [-0.05, 0) is 5.41 Å². The molecule has 0 aliphatic heterocycles. The minimum Gasteiger partial charge on any atom is -0.294 e. The molecule has 78 valence electrons. The predicted molar refractivity (Wildman–Crippen MR) is 59.4 cm³/mol. The normalized spacial score (nSPS) is 10.7. The Hall–Kier alpha value is -1.62. The SMILES string of the molecule is CC(C)(CC#N)CC(=O)c1ccccc1. The maximum absolute atomic E-state index is 11.8. The summed E-state index contributed by atoms with van der Waals surface area (Å²) in [5, 5.41) is 8.62. The number of carbonyl (C=O) groups is 1. The lowest BCUT2D eigenvalue weighted by molar-refractivity contribution is 0.0933. The molecule has 0 atom stereocenters. The summed E-state index contributed by atoms with van der Waals surface area (Å²) in [6.07, 6.45) is 0.830. The summed E-state index contributed by atoms with van der Waals surface area (Å²) in [5.74, 6) is 0.107. The molecule has 1 aromatic rings. The van der Waals surface area contributed by atoms with E-state index in [1.165, 1.54) is 0 Å². The Kier molecular flexibility index (Phi) is 3.62. The molecule has 1 rings (SSSR count). The largest absolute Gasteiger partial charge is 0.294 e. The second-order valence-electron chi connectivity index (χ2n) is 4.47. The van der Waals surface area contributed by atoms with Crippen LogP contribution in [-0.2, 0) is 0 Å². The van der Waals surface area contributed by atoms with Gasteiger partial charge in [0.05, 0.1) is 6.07 Å². The summed E-state index contributed by atoms with van der Waals surface area (Å²) in [7, 11) is 0. The molecule has 0 radical (unpaired) electrons. The first-order chi connectivity index (χ1) is 7.05. The fourth-order valence-corrected chi connectivity index (χ4v) is 1.44. The van der Waals surface area contributed by atoms with Crippen molar-refractivity contribution < 1.29 is 4.79 Å². The summed E-state index contributed by atoms with van der Waals surface area (Å²) < 4.78 is 0. The van der Waals surface area contributed by atoms with E-state index in [4.69, 9.17) is 5.26 Å². The second-order valence-corrected chi connectivity index (χ2v) is 4.47. The van der Waals surface area contributed by atoms with Crippen LogP contribution in [0.2, 0.25) is 0 Å². The van der Waals surface area contributed by atoms with Gasteiger partial charge in [-0.2, -0.15) is 5.26 Å². The Morgan fingerprint density at radius 1 is 1.33 bits per heavy atom. The van der Waals surface area contributed by atoms with Crippen molar-refractivity contribution >= 4 is 5.78 Å². The molecular weight excluding hydrogens is 186 g/mol. The van der Waals surface area contributed by atoms with Gasteiger partial charge in [0.2, 0.25) is 0 Å². The molecular formula is C13H15NO. The summed E-state index contributed by atoms with van der Waals surface area (Å²) in [4.78, 5) is 11.8. The van der Waals surface area contributed by atoms with Crippen LogP contribution in [0, 0.1) is 16.7 Å². The summed E-state index contributed by atoms with van der Waals surface area (Å²) in [6.45, 7) is 3.88. The van der Waals surface area contributed by atoms with E-state index in [0.717, 1.165) is 5.56 Å². The van der Waals surface area contributed by atoms with Crippen molar-refractivity contribution in [1.82, 2.24) is 0 Å². The number of nitriles is 1. The lowest BCUT2D eigenvalue weighted by atomic mass is 9.83. The van der Waals surface area contributed by atoms with E-state index in [1.54, 1.807) is 0 Å². The molecule has 0 saturated heterocycles. The van der Waals surface area contributed by atoms with E-state index in [0.29, 0.717) is 12.8 Å². The molecule has 0 fully saturated rings. The van der Waals surface area contributed by atoms with E-state index >= 15 is 0 Å². The Bertz CT molecular complexity index is 373. The lowest BCUT2D eigenvalue weighted by Gasteiger charge is -2.19. The van der Waals surface area contributed by atoms with Gasteiger partial charge in [0.15, 0.2) is 5.78 Å². The fraction of sp³-hybridized carbons (Fsp3) is 0.385. The van der Waals surface area contributed by atoms with E-state index in [9.17, 15) is 4.79 Å². The molecule has 15 heavy (non-hydrogen) atoms. The molecule has 2 nitrogen and oxygen atoms in total. The van der Waals surface area contributed by atoms with Gasteiger partial charge >= 0.3 is 0 Å².